The highest BCUT2D eigenvalue weighted by Crippen LogP contribution is 2.15. The minimum absolute atomic E-state index is 0.0211. The Bertz CT molecular complexity index is 1050. The fraction of sp³-hybridized carbons (Fsp3) is 0.391. The normalized spacial score (nSPS) is 14.5. The van der Waals surface area contributed by atoms with Crippen LogP contribution in [0.15, 0.2) is 53.4 Å². The van der Waals surface area contributed by atoms with Crippen LogP contribution in [-0.4, -0.2) is 63.2 Å². The summed E-state index contributed by atoms with van der Waals surface area (Å²) in [7, 11) is -0.794. The molecule has 1 saturated heterocycles. The van der Waals surface area contributed by atoms with Gasteiger partial charge in [0.25, 0.3) is 5.91 Å². The molecule has 0 spiro atoms. The molecule has 1 aliphatic rings. The predicted molar refractivity (Wildman–Crippen MR) is 122 cm³/mol. The van der Waals surface area contributed by atoms with Gasteiger partial charge < -0.3 is 10.6 Å². The molecule has 1 fully saturated rings. The van der Waals surface area contributed by atoms with E-state index in [9.17, 15) is 18.0 Å². The molecule has 0 aliphatic carbocycles. The van der Waals surface area contributed by atoms with Gasteiger partial charge in [-0.15, -0.1) is 0 Å². The van der Waals surface area contributed by atoms with E-state index in [1.165, 1.54) is 56.8 Å². The number of nitrogens with zero attached hydrogens (tertiary/aromatic N) is 2. The van der Waals surface area contributed by atoms with Gasteiger partial charge in [-0.05, 0) is 55.3 Å². The molecule has 0 saturated carbocycles. The molecule has 172 valence electrons. The molecular formula is C23H30N4O4S. The van der Waals surface area contributed by atoms with Gasteiger partial charge in [0.1, 0.15) is 0 Å². The van der Waals surface area contributed by atoms with E-state index in [-0.39, 0.29) is 22.9 Å². The van der Waals surface area contributed by atoms with E-state index >= 15 is 0 Å². The molecule has 0 atom stereocenters. The lowest BCUT2D eigenvalue weighted by molar-refractivity contribution is -0.120. The van der Waals surface area contributed by atoms with E-state index in [0.29, 0.717) is 6.54 Å². The van der Waals surface area contributed by atoms with Crippen LogP contribution in [0.3, 0.4) is 0 Å². The zero-order valence-electron chi connectivity index (χ0n) is 18.5. The Morgan fingerprint density at radius 1 is 0.969 bits per heavy atom. The third-order valence-electron chi connectivity index (χ3n) is 5.40. The highest BCUT2D eigenvalue weighted by Gasteiger charge is 2.19. The summed E-state index contributed by atoms with van der Waals surface area (Å²) >= 11 is 0. The first-order valence-electron chi connectivity index (χ1n) is 10.6. The molecule has 2 aromatic rings. The molecule has 0 unspecified atom stereocenters. The lowest BCUT2D eigenvalue weighted by atomic mass is 10.1. The molecule has 9 heteroatoms. The van der Waals surface area contributed by atoms with Crippen molar-refractivity contribution in [2.75, 3.05) is 33.7 Å². The first kappa shape index (κ1) is 23.9. The van der Waals surface area contributed by atoms with Crippen LogP contribution in [0, 0.1) is 0 Å². The average Bonchev–Trinajstić information content (AvgIpc) is 3.30. The van der Waals surface area contributed by atoms with Gasteiger partial charge in [-0.25, -0.2) is 12.7 Å². The largest absolute Gasteiger partial charge is 0.350 e. The Morgan fingerprint density at radius 3 is 2.28 bits per heavy atom. The maximum atomic E-state index is 12.3. The van der Waals surface area contributed by atoms with Crippen molar-refractivity contribution in [1.29, 1.82) is 0 Å². The number of carbonyl (C=O) groups is 2. The maximum absolute atomic E-state index is 12.3. The predicted octanol–water partition coefficient (Wildman–Crippen LogP) is 1.58. The Hall–Kier alpha value is -2.75. The van der Waals surface area contributed by atoms with Crippen LogP contribution in [0.4, 0.5) is 0 Å². The zero-order chi connectivity index (χ0) is 23.1. The molecule has 2 N–H and O–H groups in total. The summed E-state index contributed by atoms with van der Waals surface area (Å²) in [4.78, 5) is 26.9. The fourth-order valence-electron chi connectivity index (χ4n) is 3.50. The second-order valence-electron chi connectivity index (χ2n) is 8.07. The van der Waals surface area contributed by atoms with Gasteiger partial charge >= 0.3 is 0 Å². The smallest absolute Gasteiger partial charge is 0.251 e. The van der Waals surface area contributed by atoms with Crippen LogP contribution in [0.25, 0.3) is 0 Å². The van der Waals surface area contributed by atoms with E-state index < -0.39 is 15.9 Å². The van der Waals surface area contributed by atoms with Gasteiger partial charge in [-0.1, -0.05) is 30.3 Å². The molecule has 2 amide bonds. The van der Waals surface area contributed by atoms with Crippen LogP contribution in [-0.2, 0) is 27.9 Å². The van der Waals surface area contributed by atoms with Gasteiger partial charge in [0.05, 0.1) is 11.4 Å². The number of sulfonamides is 1. The van der Waals surface area contributed by atoms with Crippen molar-refractivity contribution in [3.05, 3.63) is 65.2 Å². The average molecular weight is 459 g/mol. The standard InChI is InChI=1S/C23H30N4O4S/c1-26(2)32(30,31)21-7-5-6-20(14-21)23(29)25-16-22(28)24-15-18-8-10-19(11-9-18)17-27-12-3-4-13-27/h5-11,14H,3-4,12-13,15-17H2,1-2H3,(H,24,28)(H,25,29). The Labute approximate surface area is 189 Å². The van der Waals surface area contributed by atoms with Crippen molar-refractivity contribution in [2.24, 2.45) is 0 Å². The van der Waals surface area contributed by atoms with Crippen LogP contribution < -0.4 is 10.6 Å². The van der Waals surface area contributed by atoms with Gasteiger partial charge in [0, 0.05) is 32.7 Å². The monoisotopic (exact) mass is 458 g/mol. The third kappa shape index (κ3) is 6.38. The minimum Gasteiger partial charge on any atom is -0.350 e. The van der Waals surface area contributed by atoms with Crippen LogP contribution in [0.5, 0.6) is 0 Å². The Balaban J connectivity index is 1.46. The molecule has 0 bridgehead atoms. The number of rotatable bonds is 9. The summed E-state index contributed by atoms with van der Waals surface area (Å²) in [5, 5.41) is 5.31. The van der Waals surface area contributed by atoms with Crippen molar-refractivity contribution in [2.45, 2.75) is 30.8 Å². The van der Waals surface area contributed by atoms with E-state index in [1.807, 2.05) is 12.1 Å². The number of amides is 2. The molecule has 1 aliphatic heterocycles. The summed E-state index contributed by atoms with van der Waals surface area (Å²) in [5.41, 5.74) is 2.42. The first-order valence-corrected chi connectivity index (χ1v) is 12.1. The molecule has 32 heavy (non-hydrogen) atoms. The third-order valence-corrected chi connectivity index (χ3v) is 7.21. The van der Waals surface area contributed by atoms with E-state index in [4.69, 9.17) is 0 Å². The van der Waals surface area contributed by atoms with E-state index in [1.54, 1.807) is 0 Å². The molecular weight excluding hydrogens is 428 g/mol. The second-order valence-corrected chi connectivity index (χ2v) is 10.2. The molecule has 0 aromatic heterocycles. The van der Waals surface area contributed by atoms with Crippen molar-refractivity contribution in [3.63, 3.8) is 0 Å². The molecule has 2 aromatic carbocycles. The highest BCUT2D eigenvalue weighted by atomic mass is 32.2. The lowest BCUT2D eigenvalue weighted by Crippen LogP contribution is -2.36. The van der Waals surface area contributed by atoms with Crippen molar-refractivity contribution >= 4 is 21.8 Å². The number of nitrogens with one attached hydrogen (secondary N) is 2. The van der Waals surface area contributed by atoms with Gasteiger partial charge in [-0.3, -0.25) is 14.5 Å². The van der Waals surface area contributed by atoms with Crippen molar-refractivity contribution in [1.82, 2.24) is 19.8 Å². The topological polar surface area (TPSA) is 98.8 Å². The molecule has 3 rings (SSSR count). The molecule has 1 heterocycles. The molecule has 0 radical (unpaired) electrons. The van der Waals surface area contributed by atoms with Gasteiger partial charge in [0.2, 0.25) is 15.9 Å². The lowest BCUT2D eigenvalue weighted by Gasteiger charge is -2.14. The Morgan fingerprint density at radius 2 is 1.62 bits per heavy atom. The van der Waals surface area contributed by atoms with Gasteiger partial charge in [0.15, 0.2) is 0 Å². The van der Waals surface area contributed by atoms with E-state index in [2.05, 4.69) is 27.7 Å². The van der Waals surface area contributed by atoms with Crippen LogP contribution in [0.1, 0.15) is 34.3 Å². The maximum Gasteiger partial charge on any atom is 0.251 e. The van der Waals surface area contributed by atoms with Crippen molar-refractivity contribution in [3.8, 4) is 0 Å². The summed E-state index contributed by atoms with van der Waals surface area (Å²) in [5.74, 6) is -0.834. The van der Waals surface area contributed by atoms with E-state index in [0.717, 1.165) is 29.5 Å². The highest BCUT2D eigenvalue weighted by molar-refractivity contribution is 7.89. The summed E-state index contributed by atoms with van der Waals surface area (Å²) in [6, 6.07) is 13.9. The van der Waals surface area contributed by atoms with Crippen molar-refractivity contribution < 1.29 is 18.0 Å². The zero-order valence-corrected chi connectivity index (χ0v) is 19.3. The van der Waals surface area contributed by atoms with Crippen LogP contribution >= 0.6 is 0 Å². The SMILES string of the molecule is CN(C)S(=O)(=O)c1cccc(C(=O)NCC(=O)NCc2ccc(CN3CCCC3)cc2)c1. The number of hydrogen-bond acceptors (Lipinski definition) is 5. The number of benzene rings is 2. The summed E-state index contributed by atoms with van der Waals surface area (Å²) in [6.45, 7) is 3.43. The minimum atomic E-state index is -3.64. The number of hydrogen-bond donors (Lipinski definition) is 2. The number of carbonyl (C=O) groups excluding carboxylic acids is 2. The second kappa shape index (κ2) is 10.7. The Kier molecular flexibility index (Phi) is 8.00. The van der Waals surface area contributed by atoms with Crippen LogP contribution in [0.2, 0.25) is 0 Å². The summed E-state index contributed by atoms with van der Waals surface area (Å²) < 4.78 is 25.5. The number of likely N-dealkylation sites (tertiary alicyclic amines) is 1. The summed E-state index contributed by atoms with van der Waals surface area (Å²) in [6.07, 6.45) is 2.53. The fourth-order valence-corrected chi connectivity index (χ4v) is 4.44. The molecule has 8 nitrogen and oxygen atoms in total. The first-order chi connectivity index (χ1) is 15.3. The quantitative estimate of drug-likeness (QED) is 0.595. The van der Waals surface area contributed by atoms with Gasteiger partial charge in [-0.2, -0.15) is 0 Å².